The van der Waals surface area contributed by atoms with E-state index in [1.54, 1.807) is 0 Å². The van der Waals surface area contributed by atoms with E-state index < -0.39 is 15.8 Å². The molecule has 0 amide bonds. The number of rotatable bonds is 4. The minimum absolute atomic E-state index is 0. The van der Waals surface area contributed by atoms with E-state index in [1.807, 2.05) is 6.92 Å². The molecule has 0 bridgehead atoms. The number of halogens is 3. The summed E-state index contributed by atoms with van der Waals surface area (Å²) in [6, 6.07) is 4.09. The molecule has 1 aromatic rings. The van der Waals surface area contributed by atoms with E-state index in [2.05, 4.69) is 0 Å². The molecule has 1 aliphatic rings. The zero-order chi connectivity index (χ0) is 15.6. The van der Waals surface area contributed by atoms with Gasteiger partial charge in [0, 0.05) is 19.1 Å². The van der Waals surface area contributed by atoms with Crippen molar-refractivity contribution in [2.24, 2.45) is 11.7 Å². The Morgan fingerprint density at radius 3 is 2.50 bits per heavy atom. The Bertz CT molecular complexity index is 603. The highest BCUT2D eigenvalue weighted by molar-refractivity contribution is 7.88. The Morgan fingerprint density at radius 2 is 2.00 bits per heavy atom. The minimum Gasteiger partial charge on any atom is -0.328 e. The second-order valence-corrected chi connectivity index (χ2v) is 7.98. The smallest absolute Gasteiger partial charge is 0.218 e. The predicted molar refractivity (Wildman–Crippen MR) is 89.2 cm³/mol. The summed E-state index contributed by atoms with van der Waals surface area (Å²) in [4.78, 5) is 0. The summed E-state index contributed by atoms with van der Waals surface area (Å²) in [6.07, 6.45) is 1.56. The fourth-order valence-corrected chi connectivity index (χ4v) is 4.36. The average molecular weight is 371 g/mol. The van der Waals surface area contributed by atoms with E-state index in [9.17, 15) is 12.8 Å². The van der Waals surface area contributed by atoms with Gasteiger partial charge in [0.15, 0.2) is 0 Å². The van der Waals surface area contributed by atoms with E-state index in [4.69, 9.17) is 17.3 Å². The normalized spacial score (nSPS) is 18.7. The van der Waals surface area contributed by atoms with E-state index in [0.717, 1.165) is 12.8 Å². The van der Waals surface area contributed by atoms with Crippen LogP contribution in [0, 0.1) is 11.7 Å². The molecule has 2 rings (SSSR count). The minimum atomic E-state index is -3.40. The van der Waals surface area contributed by atoms with Gasteiger partial charge in [0.1, 0.15) is 5.82 Å². The molecule has 0 spiro atoms. The van der Waals surface area contributed by atoms with Gasteiger partial charge in [-0.15, -0.1) is 12.4 Å². The van der Waals surface area contributed by atoms with Gasteiger partial charge in [-0.2, -0.15) is 0 Å². The average Bonchev–Trinajstić information content (AvgIpc) is 2.43. The maximum absolute atomic E-state index is 13.1. The highest BCUT2D eigenvalue weighted by atomic mass is 35.5. The van der Waals surface area contributed by atoms with Gasteiger partial charge < -0.3 is 5.73 Å². The molecule has 1 aromatic carbocycles. The molecular weight excluding hydrogens is 350 g/mol. The van der Waals surface area contributed by atoms with Gasteiger partial charge in [-0.3, -0.25) is 0 Å². The lowest BCUT2D eigenvalue weighted by Crippen LogP contribution is -2.42. The Kier molecular flexibility index (Phi) is 7.08. The maximum atomic E-state index is 13.1. The van der Waals surface area contributed by atoms with Crippen molar-refractivity contribution in [1.82, 2.24) is 4.31 Å². The van der Waals surface area contributed by atoms with Crippen molar-refractivity contribution < 1.29 is 12.8 Å². The molecule has 1 aliphatic heterocycles. The zero-order valence-electron chi connectivity index (χ0n) is 12.3. The van der Waals surface area contributed by atoms with Crippen LogP contribution in [0.5, 0.6) is 0 Å². The highest BCUT2D eigenvalue weighted by Gasteiger charge is 2.29. The third-order valence-corrected chi connectivity index (χ3v) is 6.11. The van der Waals surface area contributed by atoms with Gasteiger partial charge in [0.25, 0.3) is 0 Å². The van der Waals surface area contributed by atoms with Crippen molar-refractivity contribution in [2.75, 3.05) is 13.1 Å². The Morgan fingerprint density at radius 1 is 1.41 bits per heavy atom. The number of hydrogen-bond donors (Lipinski definition) is 1. The second-order valence-electron chi connectivity index (χ2n) is 5.60. The summed E-state index contributed by atoms with van der Waals surface area (Å²) in [5.74, 6) is -0.331. The van der Waals surface area contributed by atoms with Crippen LogP contribution >= 0.6 is 24.0 Å². The topological polar surface area (TPSA) is 63.4 Å². The fourth-order valence-electron chi connectivity index (χ4n) is 2.61. The Hall–Kier alpha value is -0.400. The first-order valence-corrected chi connectivity index (χ1v) is 8.95. The van der Waals surface area contributed by atoms with Crippen molar-refractivity contribution in [2.45, 2.75) is 31.6 Å². The fraction of sp³-hybridized carbons (Fsp3) is 0.571. The van der Waals surface area contributed by atoms with Crippen molar-refractivity contribution >= 4 is 34.0 Å². The van der Waals surface area contributed by atoms with Crippen LogP contribution in [-0.2, 0) is 15.8 Å². The molecule has 0 aromatic heterocycles. The molecular formula is C14H21Cl2FN2O2S. The molecule has 1 atom stereocenters. The molecule has 1 fully saturated rings. The first-order chi connectivity index (χ1) is 9.79. The zero-order valence-corrected chi connectivity index (χ0v) is 14.7. The first kappa shape index (κ1) is 19.6. The third kappa shape index (κ3) is 4.80. The molecule has 0 saturated carbocycles. The van der Waals surface area contributed by atoms with Crippen molar-refractivity contribution in [3.8, 4) is 0 Å². The lowest BCUT2D eigenvalue weighted by molar-refractivity contribution is 0.250. The van der Waals surface area contributed by atoms with Crippen LogP contribution in [0.1, 0.15) is 25.3 Å². The summed E-state index contributed by atoms with van der Waals surface area (Å²) in [6.45, 7) is 2.93. The van der Waals surface area contributed by atoms with Crippen molar-refractivity contribution in [3.05, 3.63) is 34.6 Å². The number of sulfonamides is 1. The van der Waals surface area contributed by atoms with E-state index >= 15 is 0 Å². The summed E-state index contributed by atoms with van der Waals surface area (Å²) >= 11 is 5.69. The number of piperidine rings is 1. The summed E-state index contributed by atoms with van der Waals surface area (Å²) in [5, 5.41) is -0.0571. The van der Waals surface area contributed by atoms with E-state index in [-0.39, 0.29) is 29.2 Å². The van der Waals surface area contributed by atoms with Crippen molar-refractivity contribution in [3.63, 3.8) is 0 Å². The first-order valence-electron chi connectivity index (χ1n) is 6.97. The maximum Gasteiger partial charge on any atom is 0.218 e. The molecule has 2 N–H and O–H groups in total. The SMILES string of the molecule is CC(N)C1CCN(S(=O)(=O)Cc2ccc(F)c(Cl)c2)CC1.Cl. The van der Waals surface area contributed by atoms with Gasteiger partial charge in [0.05, 0.1) is 10.8 Å². The number of nitrogens with two attached hydrogens (primary N) is 1. The van der Waals surface area contributed by atoms with Gasteiger partial charge in [0.2, 0.25) is 10.0 Å². The summed E-state index contributed by atoms with van der Waals surface area (Å²) in [5.41, 5.74) is 6.35. The van der Waals surface area contributed by atoms with Gasteiger partial charge in [-0.25, -0.2) is 17.1 Å². The van der Waals surface area contributed by atoms with Crippen LogP contribution in [0.15, 0.2) is 18.2 Å². The molecule has 1 heterocycles. The number of benzene rings is 1. The molecule has 4 nitrogen and oxygen atoms in total. The summed E-state index contributed by atoms with van der Waals surface area (Å²) < 4.78 is 39.4. The molecule has 22 heavy (non-hydrogen) atoms. The molecule has 8 heteroatoms. The lowest BCUT2D eigenvalue weighted by Gasteiger charge is -2.33. The van der Waals surface area contributed by atoms with Crippen LogP contribution in [-0.4, -0.2) is 31.9 Å². The molecule has 1 unspecified atom stereocenters. The molecule has 126 valence electrons. The van der Waals surface area contributed by atoms with E-state index in [0.29, 0.717) is 24.6 Å². The van der Waals surface area contributed by atoms with Gasteiger partial charge >= 0.3 is 0 Å². The Labute approximate surface area is 142 Å². The standard InChI is InChI=1S/C14H20ClFN2O2S.ClH/c1-10(17)12-4-6-18(7-5-12)21(19,20)9-11-2-3-14(16)13(15)8-11;/h2-3,8,10,12H,4-7,9,17H2,1H3;1H. The number of nitrogens with zero attached hydrogens (tertiary/aromatic N) is 1. The molecule has 1 saturated heterocycles. The lowest BCUT2D eigenvalue weighted by atomic mass is 9.92. The van der Waals surface area contributed by atoms with Crippen molar-refractivity contribution in [1.29, 1.82) is 0 Å². The number of hydrogen-bond acceptors (Lipinski definition) is 3. The summed E-state index contributed by atoms with van der Waals surface area (Å²) in [7, 11) is -3.40. The molecule has 0 radical (unpaired) electrons. The highest BCUT2D eigenvalue weighted by Crippen LogP contribution is 2.24. The quantitative estimate of drug-likeness (QED) is 0.885. The Balaban J connectivity index is 0.00000242. The third-order valence-electron chi connectivity index (χ3n) is 3.97. The largest absolute Gasteiger partial charge is 0.328 e. The van der Waals surface area contributed by atoms with E-state index in [1.165, 1.54) is 22.5 Å². The predicted octanol–water partition coefficient (Wildman–Crippen LogP) is 2.79. The van der Waals surface area contributed by atoms with Crippen LogP contribution in [0.4, 0.5) is 4.39 Å². The van der Waals surface area contributed by atoms with Crippen LogP contribution < -0.4 is 5.73 Å². The monoisotopic (exact) mass is 370 g/mol. The van der Waals surface area contributed by atoms with Crippen LogP contribution in [0.3, 0.4) is 0 Å². The van der Waals surface area contributed by atoms with Gasteiger partial charge in [-0.05, 0) is 43.4 Å². The van der Waals surface area contributed by atoms with Crippen LogP contribution in [0.25, 0.3) is 0 Å². The second kappa shape index (κ2) is 7.93. The van der Waals surface area contributed by atoms with Crippen LogP contribution in [0.2, 0.25) is 5.02 Å². The van der Waals surface area contributed by atoms with Gasteiger partial charge in [-0.1, -0.05) is 17.7 Å². The molecule has 0 aliphatic carbocycles.